The van der Waals surface area contributed by atoms with Crippen LogP contribution in [0.1, 0.15) is 18.3 Å². The smallest absolute Gasteiger partial charge is 0.266 e. The van der Waals surface area contributed by atoms with Crippen LogP contribution in [0.2, 0.25) is 0 Å². The van der Waals surface area contributed by atoms with E-state index in [2.05, 4.69) is 20.4 Å². The molecule has 2 aromatic heterocycles. The molecule has 3 rings (SSSR count). The van der Waals surface area contributed by atoms with Crippen LogP contribution >= 0.6 is 0 Å². The van der Waals surface area contributed by atoms with Crippen molar-refractivity contribution in [2.24, 2.45) is 0 Å². The molecule has 128 valence electrons. The molecule has 2 heterocycles. The van der Waals surface area contributed by atoms with Gasteiger partial charge < -0.3 is 10.1 Å². The van der Waals surface area contributed by atoms with Gasteiger partial charge in [-0.25, -0.2) is 14.6 Å². The lowest BCUT2D eigenvalue weighted by Gasteiger charge is -2.14. The third-order valence-corrected chi connectivity index (χ3v) is 3.56. The van der Waals surface area contributed by atoms with Crippen molar-refractivity contribution >= 4 is 11.7 Å². The Bertz CT molecular complexity index is 876. The summed E-state index contributed by atoms with van der Waals surface area (Å²) < 4.78 is 7.32. The van der Waals surface area contributed by atoms with E-state index in [4.69, 9.17) is 4.74 Å². The molecule has 0 saturated heterocycles. The van der Waals surface area contributed by atoms with Gasteiger partial charge in [0.1, 0.15) is 17.9 Å². The quantitative estimate of drug-likeness (QED) is 0.774. The van der Waals surface area contributed by atoms with Crippen molar-refractivity contribution in [2.45, 2.75) is 26.9 Å². The van der Waals surface area contributed by atoms with E-state index in [-0.39, 0.29) is 5.91 Å². The number of aryl methyl sites for hydroxylation is 2. The molecule has 0 radical (unpaired) electrons. The van der Waals surface area contributed by atoms with Crippen molar-refractivity contribution in [3.63, 3.8) is 0 Å². The zero-order valence-corrected chi connectivity index (χ0v) is 14.3. The van der Waals surface area contributed by atoms with E-state index in [1.807, 2.05) is 38.1 Å². The summed E-state index contributed by atoms with van der Waals surface area (Å²) in [6, 6.07) is 12.8. The number of rotatable bonds is 5. The van der Waals surface area contributed by atoms with Crippen LogP contribution in [0.5, 0.6) is 5.75 Å². The summed E-state index contributed by atoms with van der Waals surface area (Å²) in [4.78, 5) is 20.6. The highest BCUT2D eigenvalue weighted by Gasteiger charge is 2.16. The monoisotopic (exact) mass is 337 g/mol. The Kier molecular flexibility index (Phi) is 4.74. The van der Waals surface area contributed by atoms with Crippen molar-refractivity contribution in [1.82, 2.24) is 19.7 Å². The molecular formula is C18H19N5O2. The largest absolute Gasteiger partial charge is 0.481 e. The van der Waals surface area contributed by atoms with Gasteiger partial charge in [0.15, 0.2) is 11.9 Å². The second kappa shape index (κ2) is 7.12. The van der Waals surface area contributed by atoms with Crippen LogP contribution in [0.15, 0.2) is 48.8 Å². The molecule has 1 aromatic carbocycles. The number of anilines is 1. The second-order valence-electron chi connectivity index (χ2n) is 5.66. The third kappa shape index (κ3) is 4.00. The van der Waals surface area contributed by atoms with Gasteiger partial charge in [0.05, 0.1) is 5.69 Å². The van der Waals surface area contributed by atoms with Gasteiger partial charge in [0.25, 0.3) is 5.91 Å². The topological polar surface area (TPSA) is 81.9 Å². The predicted octanol–water partition coefficient (Wildman–Crippen LogP) is 2.69. The van der Waals surface area contributed by atoms with E-state index >= 15 is 0 Å². The summed E-state index contributed by atoms with van der Waals surface area (Å²) in [6.45, 7) is 5.54. The van der Waals surface area contributed by atoms with Gasteiger partial charge in [-0.3, -0.25) is 4.79 Å². The Balaban J connectivity index is 1.71. The number of carbonyl (C=O) groups is 1. The van der Waals surface area contributed by atoms with Crippen LogP contribution in [0.25, 0.3) is 5.82 Å². The van der Waals surface area contributed by atoms with Gasteiger partial charge in [0.2, 0.25) is 0 Å². The lowest BCUT2D eigenvalue weighted by molar-refractivity contribution is -0.122. The van der Waals surface area contributed by atoms with E-state index < -0.39 is 6.10 Å². The summed E-state index contributed by atoms with van der Waals surface area (Å²) in [6.07, 6.45) is 0.735. The number of hydrogen-bond acceptors (Lipinski definition) is 5. The minimum atomic E-state index is -0.658. The van der Waals surface area contributed by atoms with Crippen LogP contribution in [-0.2, 0) is 4.79 Å². The summed E-state index contributed by atoms with van der Waals surface area (Å²) in [5.41, 5.74) is 1.85. The molecule has 0 spiro atoms. The number of ether oxygens (including phenoxy) is 1. The summed E-state index contributed by atoms with van der Waals surface area (Å²) >= 11 is 0. The SMILES string of the molecule is Cc1cc(C)n(-c2cc(NC(=O)C(C)Oc3ccccc3)ncn2)n1. The molecule has 7 nitrogen and oxygen atoms in total. The Morgan fingerprint density at radius 2 is 1.92 bits per heavy atom. The second-order valence-corrected chi connectivity index (χ2v) is 5.66. The molecule has 7 heteroatoms. The molecule has 25 heavy (non-hydrogen) atoms. The molecule has 3 aromatic rings. The van der Waals surface area contributed by atoms with Gasteiger partial charge in [-0.2, -0.15) is 5.10 Å². The van der Waals surface area contributed by atoms with Gasteiger partial charge >= 0.3 is 0 Å². The van der Waals surface area contributed by atoms with Crippen LogP contribution in [0, 0.1) is 13.8 Å². The van der Waals surface area contributed by atoms with Crippen molar-refractivity contribution < 1.29 is 9.53 Å². The average Bonchev–Trinajstić information content (AvgIpc) is 2.94. The Morgan fingerprint density at radius 1 is 1.16 bits per heavy atom. The van der Waals surface area contributed by atoms with E-state index in [0.29, 0.717) is 17.4 Å². The first-order valence-electron chi connectivity index (χ1n) is 7.91. The average molecular weight is 337 g/mol. The normalized spacial score (nSPS) is 11.8. The lowest BCUT2D eigenvalue weighted by atomic mass is 10.3. The third-order valence-electron chi connectivity index (χ3n) is 3.56. The Hall–Kier alpha value is -3.22. The molecule has 0 aliphatic carbocycles. The summed E-state index contributed by atoms with van der Waals surface area (Å²) in [5.74, 6) is 1.33. The number of hydrogen-bond donors (Lipinski definition) is 1. The first-order chi connectivity index (χ1) is 12.0. The zero-order chi connectivity index (χ0) is 17.8. The summed E-state index contributed by atoms with van der Waals surface area (Å²) in [5, 5.41) is 7.12. The number of para-hydroxylation sites is 1. The molecule has 1 amide bonds. The van der Waals surface area contributed by atoms with Crippen LogP contribution in [0.4, 0.5) is 5.82 Å². The number of nitrogens with zero attached hydrogens (tertiary/aromatic N) is 4. The van der Waals surface area contributed by atoms with E-state index in [1.165, 1.54) is 6.33 Å². The highest BCUT2D eigenvalue weighted by molar-refractivity contribution is 5.93. The maximum absolute atomic E-state index is 12.3. The predicted molar refractivity (Wildman–Crippen MR) is 93.8 cm³/mol. The fourth-order valence-corrected chi connectivity index (χ4v) is 2.38. The van der Waals surface area contributed by atoms with Crippen LogP contribution < -0.4 is 10.1 Å². The van der Waals surface area contributed by atoms with E-state index in [1.54, 1.807) is 29.8 Å². The minimum Gasteiger partial charge on any atom is -0.481 e. The minimum absolute atomic E-state index is 0.290. The highest BCUT2D eigenvalue weighted by Crippen LogP contribution is 2.14. The zero-order valence-electron chi connectivity index (χ0n) is 14.3. The molecule has 0 aliphatic heterocycles. The number of amides is 1. The van der Waals surface area contributed by atoms with Gasteiger partial charge in [0, 0.05) is 11.8 Å². The van der Waals surface area contributed by atoms with Crippen molar-refractivity contribution in [3.8, 4) is 11.6 Å². The number of carbonyl (C=O) groups excluding carboxylic acids is 1. The van der Waals surface area contributed by atoms with Crippen molar-refractivity contribution in [1.29, 1.82) is 0 Å². The lowest BCUT2D eigenvalue weighted by Crippen LogP contribution is -2.30. The highest BCUT2D eigenvalue weighted by atomic mass is 16.5. The molecule has 1 unspecified atom stereocenters. The maximum Gasteiger partial charge on any atom is 0.266 e. The fourth-order valence-electron chi connectivity index (χ4n) is 2.38. The maximum atomic E-state index is 12.3. The van der Waals surface area contributed by atoms with Crippen LogP contribution in [-0.4, -0.2) is 31.8 Å². The first-order valence-corrected chi connectivity index (χ1v) is 7.91. The van der Waals surface area contributed by atoms with Crippen molar-refractivity contribution in [3.05, 3.63) is 60.2 Å². The molecule has 0 saturated carbocycles. The number of aromatic nitrogens is 4. The molecule has 1 atom stereocenters. The standard InChI is InChI=1S/C18H19N5O2/c1-12-9-13(2)23(22-12)17-10-16(19-11-20-17)21-18(24)14(3)25-15-7-5-4-6-8-15/h4-11,14H,1-3H3,(H,19,20,21,24). The molecule has 0 bridgehead atoms. The van der Waals surface area contributed by atoms with Crippen molar-refractivity contribution in [2.75, 3.05) is 5.32 Å². The number of nitrogens with one attached hydrogen (secondary N) is 1. The molecule has 0 aliphatic rings. The molecule has 1 N–H and O–H groups in total. The Morgan fingerprint density at radius 3 is 2.60 bits per heavy atom. The molecular weight excluding hydrogens is 318 g/mol. The Labute approximate surface area is 145 Å². The summed E-state index contributed by atoms with van der Waals surface area (Å²) in [7, 11) is 0. The fraction of sp³-hybridized carbons (Fsp3) is 0.222. The van der Waals surface area contributed by atoms with Gasteiger partial charge in [-0.1, -0.05) is 18.2 Å². The number of benzene rings is 1. The first kappa shape index (κ1) is 16.6. The van der Waals surface area contributed by atoms with E-state index in [0.717, 1.165) is 11.4 Å². The van der Waals surface area contributed by atoms with E-state index in [9.17, 15) is 4.79 Å². The van der Waals surface area contributed by atoms with Crippen LogP contribution in [0.3, 0.4) is 0 Å². The van der Waals surface area contributed by atoms with Gasteiger partial charge in [-0.05, 0) is 39.0 Å². The molecule has 0 fully saturated rings. The van der Waals surface area contributed by atoms with Gasteiger partial charge in [-0.15, -0.1) is 0 Å².